The van der Waals surface area contributed by atoms with Crippen LogP contribution in [0.4, 0.5) is 16.2 Å². The predicted molar refractivity (Wildman–Crippen MR) is 163 cm³/mol. The fourth-order valence-electron chi connectivity index (χ4n) is 5.55. The van der Waals surface area contributed by atoms with E-state index in [2.05, 4.69) is 32.7 Å². The lowest BCUT2D eigenvalue weighted by molar-refractivity contribution is -0.384. The lowest BCUT2D eigenvalue weighted by atomic mass is 9.98. The van der Waals surface area contributed by atoms with Crippen LogP contribution in [-0.4, -0.2) is 57.2 Å². The molecule has 0 radical (unpaired) electrons. The van der Waals surface area contributed by atoms with Crippen molar-refractivity contribution in [2.45, 2.75) is 25.7 Å². The van der Waals surface area contributed by atoms with Gasteiger partial charge in [-0.15, -0.1) is 0 Å². The summed E-state index contributed by atoms with van der Waals surface area (Å²) in [5.74, 6) is -0.647. The summed E-state index contributed by atoms with van der Waals surface area (Å²) in [4.78, 5) is 44.7. The number of nitrogens with zero attached hydrogens (tertiary/aromatic N) is 3. The topological polar surface area (TPSA) is 153 Å². The van der Waals surface area contributed by atoms with Gasteiger partial charge in [-0.2, -0.15) is 0 Å². The molecule has 11 heteroatoms. The van der Waals surface area contributed by atoms with E-state index < -0.39 is 16.9 Å². The van der Waals surface area contributed by atoms with Crippen LogP contribution in [0.1, 0.15) is 41.5 Å². The first-order valence-electron chi connectivity index (χ1n) is 14.2. The maximum absolute atomic E-state index is 11.9. The second-order valence-electron chi connectivity index (χ2n) is 10.7. The smallest absolute Gasteiger partial charge is 0.326 e. The summed E-state index contributed by atoms with van der Waals surface area (Å²) in [6.45, 7) is 3.44. The highest BCUT2D eigenvalue weighted by molar-refractivity contribution is 6.22. The molecule has 4 aromatic rings. The van der Waals surface area contributed by atoms with E-state index in [4.69, 9.17) is 4.99 Å². The number of hydrogen-bond acceptors (Lipinski definition) is 7. The van der Waals surface area contributed by atoms with Gasteiger partial charge in [-0.05, 0) is 80.7 Å². The number of non-ortho nitro benzene ring substituents is 1. The number of fused-ring (bicyclic) bond motifs is 1. The second-order valence-corrected chi connectivity index (χ2v) is 10.7. The number of amides is 3. The van der Waals surface area contributed by atoms with Crippen LogP contribution < -0.4 is 10.6 Å². The van der Waals surface area contributed by atoms with Crippen LogP contribution >= 0.6 is 0 Å². The summed E-state index contributed by atoms with van der Waals surface area (Å²) in [5, 5.41) is 27.7. The van der Waals surface area contributed by atoms with Gasteiger partial charge in [-0.1, -0.05) is 36.4 Å². The van der Waals surface area contributed by atoms with Crippen LogP contribution in [-0.2, 0) is 11.2 Å². The quantitative estimate of drug-likeness (QED) is 0.0708. The van der Waals surface area contributed by atoms with Gasteiger partial charge in [0.15, 0.2) is 5.88 Å². The Labute approximate surface area is 247 Å². The zero-order valence-electron chi connectivity index (χ0n) is 23.3. The Morgan fingerprint density at radius 3 is 2.42 bits per heavy atom. The molecule has 2 aliphatic heterocycles. The minimum absolute atomic E-state index is 0.0964. The van der Waals surface area contributed by atoms with Crippen LogP contribution in [0.25, 0.3) is 17.0 Å². The largest absolute Gasteiger partial charge is 0.494 e. The van der Waals surface area contributed by atoms with Gasteiger partial charge in [0.1, 0.15) is 5.70 Å². The van der Waals surface area contributed by atoms with Gasteiger partial charge >= 0.3 is 6.03 Å². The molecule has 11 nitrogen and oxygen atoms in total. The van der Waals surface area contributed by atoms with Crippen molar-refractivity contribution in [3.63, 3.8) is 0 Å². The highest BCUT2D eigenvalue weighted by Crippen LogP contribution is 2.34. The molecule has 43 heavy (non-hydrogen) atoms. The first-order chi connectivity index (χ1) is 20.8. The Morgan fingerprint density at radius 1 is 1.00 bits per heavy atom. The molecule has 3 amide bonds. The van der Waals surface area contributed by atoms with Crippen molar-refractivity contribution in [3.8, 4) is 5.88 Å². The lowest BCUT2D eigenvalue weighted by Gasteiger charge is -2.14. The van der Waals surface area contributed by atoms with E-state index in [0.717, 1.165) is 24.9 Å². The number of nitro groups is 1. The Bertz CT molecular complexity index is 1770. The number of urea groups is 1. The van der Waals surface area contributed by atoms with Crippen molar-refractivity contribution in [2.24, 2.45) is 4.99 Å². The molecule has 0 bridgehead atoms. The molecular weight excluding hydrogens is 548 g/mol. The van der Waals surface area contributed by atoms with Gasteiger partial charge in [0.25, 0.3) is 11.6 Å². The molecule has 3 heterocycles. The summed E-state index contributed by atoms with van der Waals surface area (Å²) < 4.78 is 0. The number of carbonyl (C=O) groups is 2. The Hall–Kier alpha value is -5.29. The third-order valence-electron chi connectivity index (χ3n) is 7.74. The molecule has 2 fully saturated rings. The summed E-state index contributed by atoms with van der Waals surface area (Å²) in [7, 11) is 0. The average Bonchev–Trinajstić information content (AvgIpc) is 3.71. The van der Waals surface area contributed by atoms with Gasteiger partial charge in [0, 0.05) is 28.6 Å². The fourth-order valence-corrected chi connectivity index (χ4v) is 5.55. The predicted octanol–water partition coefficient (Wildman–Crippen LogP) is 5.16. The number of rotatable bonds is 9. The van der Waals surface area contributed by atoms with Crippen LogP contribution in [0.15, 0.2) is 77.4 Å². The Kier molecular flexibility index (Phi) is 7.71. The molecule has 0 atom stereocenters. The fraction of sp³-hybridized carbons (Fsp3) is 0.219. The molecule has 218 valence electrons. The van der Waals surface area contributed by atoms with Crippen molar-refractivity contribution in [3.05, 3.63) is 105 Å². The van der Waals surface area contributed by atoms with E-state index in [9.17, 15) is 24.8 Å². The number of benzene rings is 3. The minimum atomic E-state index is -0.571. The van der Waals surface area contributed by atoms with E-state index in [-0.39, 0.29) is 17.3 Å². The average molecular weight is 579 g/mol. The molecule has 0 unspecified atom stereocenters. The highest BCUT2D eigenvalue weighted by atomic mass is 16.6. The number of hydrogen-bond donors (Lipinski definition) is 4. The summed E-state index contributed by atoms with van der Waals surface area (Å²) >= 11 is 0. The van der Waals surface area contributed by atoms with Gasteiger partial charge < -0.3 is 20.3 Å². The number of H-pyrrole nitrogens is 1. The third-order valence-corrected chi connectivity index (χ3v) is 7.74. The van der Waals surface area contributed by atoms with E-state index in [0.29, 0.717) is 33.4 Å². The third kappa shape index (κ3) is 6.16. The number of aromatic amines is 1. The van der Waals surface area contributed by atoms with Crippen molar-refractivity contribution < 1.29 is 19.6 Å². The number of aliphatic imine (C=N–C) groups is 1. The van der Waals surface area contributed by atoms with Gasteiger partial charge in [-0.3, -0.25) is 20.2 Å². The number of aromatic nitrogens is 1. The lowest BCUT2D eigenvalue weighted by Crippen LogP contribution is -2.22. The molecule has 2 aliphatic rings. The van der Waals surface area contributed by atoms with Crippen LogP contribution in [0.3, 0.4) is 0 Å². The summed E-state index contributed by atoms with van der Waals surface area (Å²) in [6.07, 6.45) is 6.12. The molecule has 2 saturated heterocycles. The van der Waals surface area contributed by atoms with Crippen LogP contribution in [0.2, 0.25) is 0 Å². The number of carbonyl (C=O) groups excluding carboxylic acids is 2. The zero-order chi connectivity index (χ0) is 29.9. The number of nitro benzene ring substituents is 1. The number of imide groups is 1. The van der Waals surface area contributed by atoms with E-state index in [1.165, 1.54) is 43.6 Å². The number of nitrogens with one attached hydrogen (secondary N) is 3. The first kappa shape index (κ1) is 27.9. The van der Waals surface area contributed by atoms with Crippen molar-refractivity contribution >= 4 is 46.0 Å². The molecule has 0 saturated carbocycles. The van der Waals surface area contributed by atoms with Crippen LogP contribution in [0.5, 0.6) is 5.88 Å². The van der Waals surface area contributed by atoms with E-state index >= 15 is 0 Å². The molecule has 4 N–H and O–H groups in total. The SMILES string of the molecule is O=C1NC(=O)/C(=C\c2ccc(N=C(c3ccc(CCCN4CCCC4)cc3)c3c(O)[nH]c4ccc([N+](=O)[O-])cc34)cc2)N1. The molecule has 0 spiro atoms. The highest BCUT2D eigenvalue weighted by Gasteiger charge is 2.23. The van der Waals surface area contributed by atoms with E-state index in [1.54, 1.807) is 36.4 Å². The molecule has 3 aromatic carbocycles. The van der Waals surface area contributed by atoms with Crippen molar-refractivity contribution in [1.82, 2.24) is 20.5 Å². The van der Waals surface area contributed by atoms with Gasteiger partial charge in [0.05, 0.1) is 21.9 Å². The number of aromatic hydroxyl groups is 1. The Balaban J connectivity index is 1.35. The number of likely N-dealkylation sites (tertiary alicyclic amines) is 1. The normalized spacial score (nSPS) is 16.7. The summed E-state index contributed by atoms with van der Waals surface area (Å²) in [5.41, 5.74) is 4.57. The maximum atomic E-state index is 11.9. The van der Waals surface area contributed by atoms with Crippen LogP contribution in [0, 0.1) is 10.1 Å². The molecule has 0 aliphatic carbocycles. The number of aryl methyl sites for hydroxylation is 1. The van der Waals surface area contributed by atoms with E-state index in [1.807, 2.05) is 12.1 Å². The van der Waals surface area contributed by atoms with Gasteiger partial charge in [0.2, 0.25) is 0 Å². The Morgan fingerprint density at radius 2 is 1.74 bits per heavy atom. The first-order valence-corrected chi connectivity index (χ1v) is 14.2. The monoisotopic (exact) mass is 578 g/mol. The zero-order valence-corrected chi connectivity index (χ0v) is 23.3. The molecule has 1 aromatic heterocycles. The second kappa shape index (κ2) is 11.9. The standard InChI is InChI=1S/C32H30N6O5/c39-30-27(35-32(41)36-30)18-21-7-11-23(12-8-21)33-29(28-25-19-24(38(42)43)13-14-26(25)34-31(28)40)22-9-5-20(6-10-22)4-3-17-37-15-1-2-16-37/h5-14,18-19,34,40H,1-4,15-17H2,(H2,35,36,39,41)/b27-18+,33-29?. The van der Waals surface area contributed by atoms with Crippen molar-refractivity contribution in [2.75, 3.05) is 19.6 Å². The van der Waals surface area contributed by atoms with Crippen molar-refractivity contribution in [1.29, 1.82) is 0 Å². The van der Waals surface area contributed by atoms with Gasteiger partial charge in [-0.25, -0.2) is 9.79 Å². The maximum Gasteiger partial charge on any atom is 0.326 e. The molecule has 6 rings (SSSR count). The molecular formula is C32H30N6O5. The minimum Gasteiger partial charge on any atom is -0.494 e. The summed E-state index contributed by atoms with van der Waals surface area (Å²) in [6, 6.07) is 18.9.